The first-order valence-electron chi connectivity index (χ1n) is 5.14. The van der Waals surface area contributed by atoms with Crippen molar-refractivity contribution in [2.75, 3.05) is 5.32 Å². The lowest BCUT2D eigenvalue weighted by molar-refractivity contribution is -0.117. The molecule has 0 radical (unpaired) electrons. The van der Waals surface area contributed by atoms with Crippen molar-refractivity contribution in [3.8, 4) is 0 Å². The standard InChI is InChI=1S/C10H14Br2N4O/c1-5(2)3-6(13)10(17)16-9-8(12)15-7(11)4-14-9/h4-6H,3,13H2,1-2H3,(H,14,16,17)/t6-/m0/s1. The molecular formula is C10H14Br2N4O. The number of anilines is 1. The number of carbonyl (C=O) groups excluding carboxylic acids is 1. The van der Waals surface area contributed by atoms with Crippen LogP contribution in [0.4, 0.5) is 5.82 Å². The van der Waals surface area contributed by atoms with Gasteiger partial charge in [0, 0.05) is 0 Å². The first-order valence-corrected chi connectivity index (χ1v) is 6.73. The Balaban J connectivity index is 2.67. The number of nitrogens with one attached hydrogen (secondary N) is 1. The Labute approximate surface area is 117 Å². The first kappa shape index (κ1) is 14.5. The molecule has 0 fully saturated rings. The second kappa shape index (κ2) is 6.42. The van der Waals surface area contributed by atoms with Gasteiger partial charge in [-0.15, -0.1) is 0 Å². The van der Waals surface area contributed by atoms with Crippen LogP contribution >= 0.6 is 31.9 Å². The Kier molecular flexibility index (Phi) is 5.48. The van der Waals surface area contributed by atoms with Crippen molar-refractivity contribution in [1.82, 2.24) is 9.97 Å². The van der Waals surface area contributed by atoms with Gasteiger partial charge in [0.15, 0.2) is 5.82 Å². The minimum Gasteiger partial charge on any atom is -0.320 e. The lowest BCUT2D eigenvalue weighted by atomic mass is 10.0. The number of hydrogen-bond acceptors (Lipinski definition) is 4. The van der Waals surface area contributed by atoms with E-state index in [-0.39, 0.29) is 5.91 Å². The molecule has 94 valence electrons. The fourth-order valence-electron chi connectivity index (χ4n) is 1.25. The summed E-state index contributed by atoms with van der Waals surface area (Å²) in [5.41, 5.74) is 5.76. The highest BCUT2D eigenvalue weighted by Crippen LogP contribution is 2.19. The van der Waals surface area contributed by atoms with Gasteiger partial charge in [-0.2, -0.15) is 0 Å². The van der Waals surface area contributed by atoms with E-state index < -0.39 is 6.04 Å². The van der Waals surface area contributed by atoms with Gasteiger partial charge in [0.05, 0.1) is 12.2 Å². The molecule has 5 nitrogen and oxygen atoms in total. The third kappa shape index (κ3) is 4.69. The highest BCUT2D eigenvalue weighted by Gasteiger charge is 2.17. The van der Waals surface area contributed by atoms with Gasteiger partial charge in [-0.1, -0.05) is 13.8 Å². The van der Waals surface area contributed by atoms with Crippen LogP contribution in [0.3, 0.4) is 0 Å². The predicted octanol–water partition coefficient (Wildman–Crippen LogP) is 2.31. The first-order chi connectivity index (χ1) is 7.90. The van der Waals surface area contributed by atoms with Crippen LogP contribution in [0.15, 0.2) is 15.4 Å². The maximum Gasteiger partial charge on any atom is 0.242 e. The molecule has 0 saturated carbocycles. The number of amides is 1. The van der Waals surface area contributed by atoms with Crippen LogP contribution in [-0.2, 0) is 4.79 Å². The average molecular weight is 366 g/mol. The second-order valence-electron chi connectivity index (χ2n) is 4.06. The Bertz CT molecular complexity index is 411. The summed E-state index contributed by atoms with van der Waals surface area (Å²) >= 11 is 6.40. The number of rotatable bonds is 4. The molecule has 0 unspecified atom stereocenters. The fraction of sp³-hybridized carbons (Fsp3) is 0.500. The molecule has 1 aromatic rings. The molecule has 0 aromatic carbocycles. The smallest absolute Gasteiger partial charge is 0.242 e. The van der Waals surface area contributed by atoms with Crippen molar-refractivity contribution in [2.45, 2.75) is 26.3 Å². The number of nitrogens with two attached hydrogens (primary N) is 1. The zero-order valence-corrected chi connectivity index (χ0v) is 12.7. The molecule has 1 atom stereocenters. The Morgan fingerprint density at radius 1 is 1.53 bits per heavy atom. The molecule has 1 aromatic heterocycles. The lowest BCUT2D eigenvalue weighted by Gasteiger charge is -2.14. The Morgan fingerprint density at radius 2 is 2.18 bits per heavy atom. The summed E-state index contributed by atoms with van der Waals surface area (Å²) in [7, 11) is 0. The number of halogens is 2. The lowest BCUT2D eigenvalue weighted by Crippen LogP contribution is -2.37. The summed E-state index contributed by atoms with van der Waals surface area (Å²) in [5.74, 6) is 0.489. The summed E-state index contributed by atoms with van der Waals surface area (Å²) < 4.78 is 1.06. The molecule has 3 N–H and O–H groups in total. The number of carbonyl (C=O) groups is 1. The van der Waals surface area contributed by atoms with E-state index in [4.69, 9.17) is 5.73 Å². The zero-order chi connectivity index (χ0) is 13.0. The van der Waals surface area contributed by atoms with Crippen molar-refractivity contribution in [1.29, 1.82) is 0 Å². The quantitative estimate of drug-likeness (QED) is 0.857. The highest BCUT2D eigenvalue weighted by molar-refractivity contribution is 9.11. The van der Waals surface area contributed by atoms with E-state index in [0.29, 0.717) is 27.4 Å². The van der Waals surface area contributed by atoms with E-state index in [0.717, 1.165) is 0 Å². The number of nitrogens with zero attached hydrogens (tertiary/aromatic N) is 2. The summed E-state index contributed by atoms with van der Waals surface area (Å²) in [6, 6.07) is -0.535. The molecule has 0 saturated heterocycles. The normalized spacial score (nSPS) is 12.6. The van der Waals surface area contributed by atoms with Gasteiger partial charge < -0.3 is 11.1 Å². The summed E-state index contributed by atoms with van der Waals surface area (Å²) in [6.07, 6.45) is 2.14. The van der Waals surface area contributed by atoms with E-state index in [2.05, 4.69) is 47.1 Å². The molecule has 0 aliphatic carbocycles. The van der Waals surface area contributed by atoms with Crippen molar-refractivity contribution >= 4 is 43.6 Å². The van der Waals surface area contributed by atoms with Crippen LogP contribution < -0.4 is 11.1 Å². The summed E-state index contributed by atoms with van der Waals surface area (Å²) in [5, 5.41) is 2.64. The summed E-state index contributed by atoms with van der Waals surface area (Å²) in [4.78, 5) is 19.8. The van der Waals surface area contributed by atoms with E-state index in [9.17, 15) is 4.79 Å². The third-order valence-corrected chi connectivity index (χ3v) is 2.94. The van der Waals surface area contributed by atoms with Crippen molar-refractivity contribution in [2.24, 2.45) is 11.7 Å². The maximum absolute atomic E-state index is 11.7. The molecule has 7 heteroatoms. The predicted molar refractivity (Wildman–Crippen MR) is 73.5 cm³/mol. The van der Waals surface area contributed by atoms with Crippen LogP contribution in [0, 0.1) is 5.92 Å². The minimum atomic E-state index is -0.535. The van der Waals surface area contributed by atoms with Crippen molar-refractivity contribution < 1.29 is 4.79 Å². The van der Waals surface area contributed by atoms with Crippen molar-refractivity contribution in [3.05, 3.63) is 15.4 Å². The second-order valence-corrected chi connectivity index (χ2v) is 5.62. The number of hydrogen-bond donors (Lipinski definition) is 2. The molecule has 0 spiro atoms. The molecule has 0 bridgehead atoms. The van der Waals surface area contributed by atoms with Gasteiger partial charge in [-0.25, -0.2) is 9.97 Å². The number of aromatic nitrogens is 2. The van der Waals surface area contributed by atoms with Crippen LogP contribution in [-0.4, -0.2) is 21.9 Å². The molecule has 17 heavy (non-hydrogen) atoms. The SMILES string of the molecule is CC(C)C[C@H](N)C(=O)Nc1ncc(Br)nc1Br. The third-order valence-electron chi connectivity index (χ3n) is 2.00. The van der Waals surface area contributed by atoms with Gasteiger partial charge in [-0.05, 0) is 44.2 Å². The van der Waals surface area contributed by atoms with Crippen LogP contribution in [0.1, 0.15) is 20.3 Å². The maximum atomic E-state index is 11.7. The van der Waals surface area contributed by atoms with Crippen LogP contribution in [0.2, 0.25) is 0 Å². The Hall–Kier alpha value is -0.530. The van der Waals surface area contributed by atoms with E-state index >= 15 is 0 Å². The van der Waals surface area contributed by atoms with Gasteiger partial charge >= 0.3 is 0 Å². The largest absolute Gasteiger partial charge is 0.320 e. The molecule has 1 amide bonds. The fourth-order valence-corrected chi connectivity index (χ4v) is 2.17. The van der Waals surface area contributed by atoms with Crippen molar-refractivity contribution in [3.63, 3.8) is 0 Å². The zero-order valence-electron chi connectivity index (χ0n) is 9.58. The van der Waals surface area contributed by atoms with Gasteiger partial charge in [0.25, 0.3) is 0 Å². The molecule has 0 aliphatic rings. The Morgan fingerprint density at radius 3 is 2.71 bits per heavy atom. The summed E-state index contributed by atoms with van der Waals surface area (Å²) in [6.45, 7) is 4.03. The van der Waals surface area contributed by atoms with E-state index in [1.807, 2.05) is 13.8 Å². The highest BCUT2D eigenvalue weighted by atomic mass is 79.9. The average Bonchev–Trinajstić information content (AvgIpc) is 2.21. The van der Waals surface area contributed by atoms with Crippen LogP contribution in [0.25, 0.3) is 0 Å². The molecule has 0 aliphatic heterocycles. The molecule has 1 heterocycles. The van der Waals surface area contributed by atoms with E-state index in [1.54, 1.807) is 0 Å². The van der Waals surface area contributed by atoms with Gasteiger partial charge in [0.1, 0.15) is 9.21 Å². The molecule has 1 rings (SSSR count). The van der Waals surface area contributed by atoms with Gasteiger partial charge in [0.2, 0.25) is 5.91 Å². The minimum absolute atomic E-state index is 0.254. The van der Waals surface area contributed by atoms with E-state index in [1.165, 1.54) is 6.20 Å². The van der Waals surface area contributed by atoms with Crippen LogP contribution in [0.5, 0.6) is 0 Å². The molecular weight excluding hydrogens is 352 g/mol. The topological polar surface area (TPSA) is 80.9 Å². The monoisotopic (exact) mass is 364 g/mol. The van der Waals surface area contributed by atoms with Gasteiger partial charge in [-0.3, -0.25) is 4.79 Å².